The molecule has 20 heavy (non-hydrogen) atoms. The molecule has 0 spiro atoms. The van der Waals surface area contributed by atoms with Crippen LogP contribution in [0.2, 0.25) is 0 Å². The van der Waals surface area contributed by atoms with Crippen molar-refractivity contribution >= 4 is 23.0 Å². The number of carbonyl (C=O) groups excluding carboxylic acids is 1. The number of rotatable bonds is 3. The number of thiophene rings is 1. The Balaban J connectivity index is 2.11. The smallest absolute Gasteiger partial charge is 0.341 e. The van der Waals surface area contributed by atoms with E-state index in [1.54, 1.807) is 29.0 Å². The summed E-state index contributed by atoms with van der Waals surface area (Å²) >= 11 is 1.62. The predicted octanol–water partition coefficient (Wildman–Crippen LogP) is 2.94. The van der Waals surface area contributed by atoms with Crippen LogP contribution >= 0.6 is 11.3 Å². The summed E-state index contributed by atoms with van der Waals surface area (Å²) in [6, 6.07) is 5.90. The summed E-state index contributed by atoms with van der Waals surface area (Å²) < 4.78 is 6.70. The van der Waals surface area contributed by atoms with Gasteiger partial charge in [0.15, 0.2) is 5.65 Å². The molecule has 0 fully saturated rings. The lowest BCUT2D eigenvalue weighted by Gasteiger charge is -2.05. The number of fused-ring (bicyclic) bond motifs is 1. The third-order valence-corrected chi connectivity index (χ3v) is 3.89. The maximum absolute atomic E-state index is 11.8. The van der Waals surface area contributed by atoms with Crippen LogP contribution in [0.1, 0.15) is 23.0 Å². The Morgan fingerprint density at radius 1 is 1.50 bits per heavy atom. The zero-order chi connectivity index (χ0) is 14.1. The molecule has 0 aliphatic rings. The van der Waals surface area contributed by atoms with Crippen LogP contribution in [-0.2, 0) is 4.74 Å². The number of nitrogens with zero attached hydrogens (tertiary/aromatic N) is 3. The highest BCUT2D eigenvalue weighted by molar-refractivity contribution is 7.13. The van der Waals surface area contributed by atoms with E-state index in [4.69, 9.17) is 4.74 Å². The summed E-state index contributed by atoms with van der Waals surface area (Å²) in [5, 5.41) is 6.52. The molecule has 0 saturated carbocycles. The van der Waals surface area contributed by atoms with Gasteiger partial charge in [0.05, 0.1) is 22.7 Å². The topological polar surface area (TPSA) is 56.5 Å². The Hall–Kier alpha value is -2.21. The standard InChI is InChI=1S/C14H13N3O2S/c1-3-19-14(18)10-8-15-13-7-11(12-5-4-6-20-12)16-17(13)9(10)2/h4-8H,3H2,1-2H3. The monoisotopic (exact) mass is 287 g/mol. The van der Waals surface area contributed by atoms with Crippen LogP contribution in [0.4, 0.5) is 0 Å². The lowest BCUT2D eigenvalue weighted by Crippen LogP contribution is -2.10. The number of carbonyl (C=O) groups is 1. The lowest BCUT2D eigenvalue weighted by molar-refractivity contribution is 0.0524. The van der Waals surface area contributed by atoms with E-state index in [1.807, 2.05) is 30.5 Å². The van der Waals surface area contributed by atoms with Crippen molar-refractivity contribution in [3.05, 3.63) is 41.0 Å². The first-order valence-corrected chi connectivity index (χ1v) is 7.15. The molecule has 0 N–H and O–H groups in total. The van der Waals surface area contributed by atoms with Gasteiger partial charge in [-0.3, -0.25) is 0 Å². The number of hydrogen-bond donors (Lipinski definition) is 0. The van der Waals surface area contributed by atoms with Gasteiger partial charge in [-0.2, -0.15) is 5.10 Å². The van der Waals surface area contributed by atoms with Crippen molar-refractivity contribution in [2.24, 2.45) is 0 Å². The molecule has 0 amide bonds. The normalized spacial score (nSPS) is 10.9. The van der Waals surface area contributed by atoms with Crippen LogP contribution < -0.4 is 0 Å². The SMILES string of the molecule is CCOC(=O)c1cnc2cc(-c3cccs3)nn2c1C. The molecule has 5 nitrogen and oxygen atoms in total. The number of hydrogen-bond acceptors (Lipinski definition) is 5. The Morgan fingerprint density at radius 3 is 3.05 bits per heavy atom. The molecule has 0 unspecified atom stereocenters. The molecule has 3 aromatic heterocycles. The van der Waals surface area contributed by atoms with Crippen LogP contribution in [0.15, 0.2) is 29.8 Å². The minimum absolute atomic E-state index is 0.343. The van der Waals surface area contributed by atoms with Crippen molar-refractivity contribution in [2.45, 2.75) is 13.8 Å². The number of esters is 1. The zero-order valence-electron chi connectivity index (χ0n) is 11.2. The minimum atomic E-state index is -0.368. The summed E-state index contributed by atoms with van der Waals surface area (Å²) in [7, 11) is 0. The summed E-state index contributed by atoms with van der Waals surface area (Å²) in [5.41, 5.74) is 2.76. The van der Waals surface area contributed by atoms with E-state index in [0.717, 1.165) is 21.9 Å². The van der Waals surface area contributed by atoms with Crippen molar-refractivity contribution < 1.29 is 9.53 Å². The van der Waals surface area contributed by atoms with Gasteiger partial charge in [-0.05, 0) is 25.3 Å². The number of aryl methyl sites for hydroxylation is 1. The van der Waals surface area contributed by atoms with Gasteiger partial charge in [0.25, 0.3) is 0 Å². The Morgan fingerprint density at radius 2 is 2.35 bits per heavy atom. The fourth-order valence-electron chi connectivity index (χ4n) is 2.00. The summed E-state index contributed by atoms with van der Waals surface area (Å²) in [4.78, 5) is 17.2. The Bertz CT molecular complexity index is 762. The van der Waals surface area contributed by atoms with Gasteiger partial charge >= 0.3 is 5.97 Å². The molecule has 102 valence electrons. The summed E-state index contributed by atoms with van der Waals surface area (Å²) in [6.07, 6.45) is 1.54. The second-order valence-corrected chi connectivity index (χ2v) is 5.20. The first-order valence-electron chi connectivity index (χ1n) is 6.27. The van der Waals surface area contributed by atoms with E-state index in [2.05, 4.69) is 10.1 Å². The van der Waals surface area contributed by atoms with Gasteiger partial charge < -0.3 is 4.74 Å². The average molecular weight is 287 g/mol. The molecule has 0 aromatic carbocycles. The Labute approximate surface area is 119 Å². The van der Waals surface area contributed by atoms with Crippen molar-refractivity contribution in [1.82, 2.24) is 14.6 Å². The highest BCUT2D eigenvalue weighted by Gasteiger charge is 2.15. The van der Waals surface area contributed by atoms with E-state index in [0.29, 0.717) is 12.2 Å². The average Bonchev–Trinajstić information content (AvgIpc) is 3.08. The van der Waals surface area contributed by atoms with Gasteiger partial charge in [0.2, 0.25) is 0 Å². The molecule has 0 radical (unpaired) electrons. The molecule has 0 saturated heterocycles. The van der Waals surface area contributed by atoms with Crippen molar-refractivity contribution in [3.63, 3.8) is 0 Å². The van der Waals surface area contributed by atoms with Crippen molar-refractivity contribution in [3.8, 4) is 10.6 Å². The van der Waals surface area contributed by atoms with Crippen LogP contribution in [0.3, 0.4) is 0 Å². The van der Waals surface area contributed by atoms with E-state index in [-0.39, 0.29) is 5.97 Å². The number of aromatic nitrogens is 3. The van der Waals surface area contributed by atoms with E-state index in [9.17, 15) is 4.79 Å². The summed E-state index contributed by atoms with van der Waals surface area (Å²) in [6.45, 7) is 3.96. The van der Waals surface area contributed by atoms with Crippen LogP contribution in [0, 0.1) is 6.92 Å². The van der Waals surface area contributed by atoms with Gasteiger partial charge in [0, 0.05) is 12.3 Å². The largest absolute Gasteiger partial charge is 0.462 e. The van der Waals surface area contributed by atoms with E-state index < -0.39 is 0 Å². The third-order valence-electron chi connectivity index (χ3n) is 2.99. The predicted molar refractivity (Wildman–Crippen MR) is 77.0 cm³/mol. The van der Waals surface area contributed by atoms with Gasteiger partial charge in [0.1, 0.15) is 5.69 Å². The van der Waals surface area contributed by atoms with Gasteiger partial charge in [-0.1, -0.05) is 6.07 Å². The van der Waals surface area contributed by atoms with Crippen molar-refractivity contribution in [1.29, 1.82) is 0 Å². The van der Waals surface area contributed by atoms with Crippen LogP contribution in [0.5, 0.6) is 0 Å². The molecule has 6 heteroatoms. The highest BCUT2D eigenvalue weighted by atomic mass is 32.1. The molecule has 3 aromatic rings. The second-order valence-electron chi connectivity index (χ2n) is 4.25. The number of ether oxygens (including phenoxy) is 1. The lowest BCUT2D eigenvalue weighted by atomic mass is 10.2. The molecule has 0 aliphatic carbocycles. The van der Waals surface area contributed by atoms with E-state index in [1.165, 1.54) is 0 Å². The summed E-state index contributed by atoms with van der Waals surface area (Å²) in [5.74, 6) is -0.368. The maximum atomic E-state index is 11.8. The molecular weight excluding hydrogens is 274 g/mol. The highest BCUT2D eigenvalue weighted by Crippen LogP contribution is 2.24. The zero-order valence-corrected chi connectivity index (χ0v) is 12.0. The molecule has 0 aliphatic heterocycles. The minimum Gasteiger partial charge on any atom is -0.462 e. The molecule has 0 atom stereocenters. The first-order chi connectivity index (χ1) is 9.70. The molecular formula is C14H13N3O2S. The first kappa shape index (κ1) is 12.8. The van der Waals surface area contributed by atoms with Crippen molar-refractivity contribution in [2.75, 3.05) is 6.61 Å². The van der Waals surface area contributed by atoms with E-state index >= 15 is 0 Å². The third kappa shape index (κ3) is 2.08. The quantitative estimate of drug-likeness (QED) is 0.695. The molecule has 0 bridgehead atoms. The fraction of sp³-hybridized carbons (Fsp3) is 0.214. The molecule has 3 rings (SSSR count). The van der Waals surface area contributed by atoms with Gasteiger partial charge in [-0.15, -0.1) is 11.3 Å². The van der Waals surface area contributed by atoms with Crippen LogP contribution in [-0.4, -0.2) is 27.2 Å². The molecule has 3 heterocycles. The Kier molecular flexibility index (Phi) is 3.23. The maximum Gasteiger partial charge on any atom is 0.341 e. The second kappa shape index (κ2) is 5.05. The fourth-order valence-corrected chi connectivity index (χ4v) is 2.68. The van der Waals surface area contributed by atoms with Crippen LogP contribution in [0.25, 0.3) is 16.2 Å². The van der Waals surface area contributed by atoms with Gasteiger partial charge in [-0.25, -0.2) is 14.3 Å².